The molecule has 0 N–H and O–H groups in total. The third-order valence-electron chi connectivity index (χ3n) is 3.10. The van der Waals surface area contributed by atoms with E-state index in [0.717, 1.165) is 16.3 Å². The van der Waals surface area contributed by atoms with Crippen molar-refractivity contribution in [2.24, 2.45) is 0 Å². The molecule has 0 radical (unpaired) electrons. The quantitative estimate of drug-likeness (QED) is 0.410. The fraction of sp³-hybridized carbons (Fsp3) is 0.250. The van der Waals surface area contributed by atoms with Gasteiger partial charge in [0.2, 0.25) is 0 Å². The first-order chi connectivity index (χ1) is 10.5. The Morgan fingerprint density at radius 2 is 1.64 bits per heavy atom. The van der Waals surface area contributed by atoms with Gasteiger partial charge in [-0.2, -0.15) is 0 Å². The second-order valence-corrected chi connectivity index (χ2v) is 7.64. The summed E-state index contributed by atoms with van der Waals surface area (Å²) in [5.74, 6) is -0.890. The van der Waals surface area contributed by atoms with E-state index in [1.807, 2.05) is 37.3 Å². The Bertz CT molecular complexity index is 698. The van der Waals surface area contributed by atoms with Gasteiger partial charge in [0.1, 0.15) is 13.2 Å². The molecule has 0 atom stereocenters. The first-order valence-electron chi connectivity index (χ1n) is 6.61. The van der Waals surface area contributed by atoms with Crippen molar-refractivity contribution < 1.29 is 19.1 Å². The van der Waals surface area contributed by atoms with Crippen LogP contribution in [0.5, 0.6) is 0 Å². The molecule has 0 fully saturated rings. The molecule has 0 aliphatic carbocycles. The summed E-state index contributed by atoms with van der Waals surface area (Å²) in [4.78, 5) is 23.4. The van der Waals surface area contributed by atoms with Crippen molar-refractivity contribution in [2.75, 3.05) is 13.2 Å². The number of ether oxygens (including phenoxy) is 2. The number of aryl methyl sites for hydroxylation is 1. The van der Waals surface area contributed by atoms with E-state index in [1.54, 1.807) is 6.07 Å². The number of rotatable bonds is 5. The summed E-state index contributed by atoms with van der Waals surface area (Å²) < 4.78 is 9.49. The number of carbonyl (C=O) groups is 2. The third-order valence-corrected chi connectivity index (χ3v) is 3.85. The van der Waals surface area contributed by atoms with Gasteiger partial charge in [0.25, 0.3) is 0 Å². The van der Waals surface area contributed by atoms with E-state index >= 15 is 0 Å². The summed E-state index contributed by atoms with van der Waals surface area (Å²) in [6.45, 7) is 2.02. The SMILES string of the molecule is Cc1ccc(C(=O)OCCOC(=O)C(Br)Br)c2ccccc12. The van der Waals surface area contributed by atoms with Crippen LogP contribution in [0.3, 0.4) is 0 Å². The second kappa shape index (κ2) is 7.74. The maximum Gasteiger partial charge on any atom is 0.338 e. The van der Waals surface area contributed by atoms with Gasteiger partial charge in [-0.25, -0.2) is 9.59 Å². The fourth-order valence-corrected chi connectivity index (χ4v) is 2.31. The predicted molar refractivity (Wildman–Crippen MR) is 91.6 cm³/mol. The number of benzene rings is 2. The highest BCUT2D eigenvalue weighted by Crippen LogP contribution is 2.22. The number of carbonyl (C=O) groups excluding carboxylic acids is 2. The van der Waals surface area contributed by atoms with Gasteiger partial charge in [-0.15, -0.1) is 0 Å². The van der Waals surface area contributed by atoms with Crippen molar-refractivity contribution in [1.82, 2.24) is 0 Å². The summed E-state index contributed by atoms with van der Waals surface area (Å²) in [5.41, 5.74) is 1.60. The Balaban J connectivity index is 2.02. The van der Waals surface area contributed by atoms with E-state index in [-0.39, 0.29) is 13.2 Å². The minimum Gasteiger partial charge on any atom is -0.461 e. The highest BCUT2D eigenvalue weighted by molar-refractivity contribution is 9.25. The standard InChI is InChI=1S/C16H14Br2O4/c1-10-6-7-13(12-5-3-2-4-11(10)12)15(19)21-8-9-22-16(20)14(17)18/h2-7,14H,8-9H2,1H3. The van der Waals surface area contributed by atoms with Gasteiger partial charge in [-0.05, 0) is 29.3 Å². The Kier molecular flexibility index (Phi) is 5.97. The zero-order valence-electron chi connectivity index (χ0n) is 11.8. The topological polar surface area (TPSA) is 52.6 Å². The summed E-state index contributed by atoms with van der Waals surface area (Å²) in [6.07, 6.45) is 0. The van der Waals surface area contributed by atoms with Crippen molar-refractivity contribution in [3.63, 3.8) is 0 Å². The van der Waals surface area contributed by atoms with E-state index in [4.69, 9.17) is 9.47 Å². The van der Waals surface area contributed by atoms with E-state index < -0.39 is 15.7 Å². The molecular weight excluding hydrogens is 416 g/mol. The van der Waals surface area contributed by atoms with Crippen LogP contribution in [-0.4, -0.2) is 28.9 Å². The van der Waals surface area contributed by atoms with Gasteiger partial charge in [0.15, 0.2) is 3.74 Å². The molecule has 0 amide bonds. The number of alkyl halides is 2. The highest BCUT2D eigenvalue weighted by Gasteiger charge is 2.14. The van der Waals surface area contributed by atoms with Crippen LogP contribution in [-0.2, 0) is 14.3 Å². The van der Waals surface area contributed by atoms with Crippen LogP contribution in [0.2, 0.25) is 0 Å². The Labute approximate surface area is 145 Å². The average molecular weight is 430 g/mol. The van der Waals surface area contributed by atoms with E-state index in [9.17, 15) is 9.59 Å². The lowest BCUT2D eigenvalue weighted by Crippen LogP contribution is -2.17. The lowest BCUT2D eigenvalue weighted by atomic mass is 10.0. The van der Waals surface area contributed by atoms with Crippen LogP contribution in [0.4, 0.5) is 0 Å². The number of hydrogen-bond donors (Lipinski definition) is 0. The minimum atomic E-state index is -0.559. The van der Waals surface area contributed by atoms with Crippen LogP contribution in [0.15, 0.2) is 36.4 Å². The lowest BCUT2D eigenvalue weighted by molar-refractivity contribution is -0.142. The first kappa shape index (κ1) is 17.0. The molecule has 0 aliphatic rings. The maximum absolute atomic E-state index is 12.2. The predicted octanol–water partition coefficient (Wildman–Crippen LogP) is 3.96. The maximum atomic E-state index is 12.2. The molecule has 0 heterocycles. The van der Waals surface area contributed by atoms with Crippen molar-refractivity contribution >= 4 is 54.6 Å². The normalized spacial score (nSPS) is 10.7. The van der Waals surface area contributed by atoms with Crippen LogP contribution in [0.25, 0.3) is 10.8 Å². The molecule has 2 aromatic rings. The molecule has 0 unspecified atom stereocenters. The van der Waals surface area contributed by atoms with Crippen LogP contribution >= 0.6 is 31.9 Å². The Morgan fingerprint density at radius 1 is 1.00 bits per heavy atom. The number of fused-ring (bicyclic) bond motifs is 1. The molecule has 0 saturated carbocycles. The van der Waals surface area contributed by atoms with Gasteiger partial charge in [-0.1, -0.05) is 62.2 Å². The number of halogens is 2. The van der Waals surface area contributed by atoms with Crippen molar-refractivity contribution in [3.8, 4) is 0 Å². The van der Waals surface area contributed by atoms with Gasteiger partial charge >= 0.3 is 11.9 Å². The Morgan fingerprint density at radius 3 is 2.32 bits per heavy atom. The second-order valence-electron chi connectivity index (χ2n) is 4.58. The van der Waals surface area contributed by atoms with Crippen LogP contribution in [0.1, 0.15) is 15.9 Å². The van der Waals surface area contributed by atoms with E-state index in [1.165, 1.54) is 0 Å². The molecule has 0 bridgehead atoms. The highest BCUT2D eigenvalue weighted by atomic mass is 79.9. The van der Waals surface area contributed by atoms with E-state index in [2.05, 4.69) is 31.9 Å². The van der Waals surface area contributed by atoms with Crippen molar-refractivity contribution in [1.29, 1.82) is 0 Å². The Hall–Kier alpha value is -1.40. The minimum absolute atomic E-state index is 0.0134. The molecule has 0 aromatic heterocycles. The largest absolute Gasteiger partial charge is 0.461 e. The smallest absolute Gasteiger partial charge is 0.338 e. The number of esters is 2. The molecule has 0 aliphatic heterocycles. The first-order valence-corrected chi connectivity index (χ1v) is 8.44. The monoisotopic (exact) mass is 428 g/mol. The molecule has 22 heavy (non-hydrogen) atoms. The fourth-order valence-electron chi connectivity index (χ4n) is 2.05. The molecular formula is C16H14Br2O4. The molecule has 0 saturated heterocycles. The van der Waals surface area contributed by atoms with Gasteiger partial charge < -0.3 is 9.47 Å². The lowest BCUT2D eigenvalue weighted by Gasteiger charge is -2.10. The summed E-state index contributed by atoms with van der Waals surface area (Å²) >= 11 is 6.05. The summed E-state index contributed by atoms with van der Waals surface area (Å²) in [6, 6.07) is 11.3. The van der Waals surface area contributed by atoms with Gasteiger partial charge in [0, 0.05) is 0 Å². The molecule has 2 rings (SSSR count). The zero-order valence-corrected chi connectivity index (χ0v) is 15.0. The molecule has 116 valence electrons. The summed E-state index contributed by atoms with van der Waals surface area (Å²) in [7, 11) is 0. The molecule has 0 spiro atoms. The van der Waals surface area contributed by atoms with Crippen LogP contribution < -0.4 is 0 Å². The molecule has 4 nitrogen and oxygen atoms in total. The van der Waals surface area contributed by atoms with Crippen LogP contribution in [0, 0.1) is 6.92 Å². The van der Waals surface area contributed by atoms with E-state index in [0.29, 0.717) is 5.56 Å². The van der Waals surface area contributed by atoms with Gasteiger partial charge in [-0.3, -0.25) is 0 Å². The third kappa shape index (κ3) is 4.08. The molecule has 6 heteroatoms. The average Bonchev–Trinajstić information content (AvgIpc) is 2.51. The molecule has 2 aromatic carbocycles. The van der Waals surface area contributed by atoms with Crippen molar-refractivity contribution in [2.45, 2.75) is 10.7 Å². The van der Waals surface area contributed by atoms with Crippen molar-refractivity contribution in [3.05, 3.63) is 47.5 Å². The number of hydrogen-bond acceptors (Lipinski definition) is 4. The zero-order chi connectivity index (χ0) is 16.1. The van der Waals surface area contributed by atoms with Gasteiger partial charge in [0.05, 0.1) is 5.56 Å². The summed E-state index contributed by atoms with van der Waals surface area (Å²) in [5, 5.41) is 1.87.